The zero-order chi connectivity index (χ0) is 28.1. The van der Waals surface area contributed by atoms with E-state index >= 15 is 0 Å². The van der Waals surface area contributed by atoms with E-state index in [0.717, 1.165) is 31.7 Å². The summed E-state index contributed by atoms with van der Waals surface area (Å²) in [5.74, 6) is 0.354. The molecule has 3 N–H and O–H groups in total. The summed E-state index contributed by atoms with van der Waals surface area (Å²) < 4.78 is 11.2. The van der Waals surface area contributed by atoms with Crippen molar-refractivity contribution in [1.82, 2.24) is 15.2 Å². The lowest BCUT2D eigenvalue weighted by molar-refractivity contribution is -0.143. The fraction of sp³-hybridized carbons (Fsp3) is 0.250. The van der Waals surface area contributed by atoms with Crippen LogP contribution >= 0.6 is 11.6 Å². The Morgan fingerprint density at radius 1 is 1.00 bits per heavy atom. The van der Waals surface area contributed by atoms with Crippen LogP contribution in [0.5, 0.6) is 11.5 Å². The monoisotopic (exact) mass is 562 g/mol. The first kappa shape index (κ1) is 26.9. The second-order valence-corrected chi connectivity index (χ2v) is 9.86. The van der Waals surface area contributed by atoms with Crippen LogP contribution in [0.2, 0.25) is 5.02 Å². The molecule has 206 valence electrons. The van der Waals surface area contributed by atoms with Gasteiger partial charge in [-0.05, 0) is 79.4 Å². The van der Waals surface area contributed by atoms with Gasteiger partial charge in [0, 0.05) is 23.8 Å². The van der Waals surface area contributed by atoms with Gasteiger partial charge in [0.05, 0.1) is 17.8 Å². The van der Waals surface area contributed by atoms with Gasteiger partial charge in [-0.1, -0.05) is 23.6 Å². The van der Waals surface area contributed by atoms with Crippen LogP contribution < -0.4 is 20.3 Å². The van der Waals surface area contributed by atoms with E-state index in [4.69, 9.17) is 20.8 Å². The summed E-state index contributed by atoms with van der Waals surface area (Å²) in [5.41, 5.74) is 1.15. The summed E-state index contributed by atoms with van der Waals surface area (Å²) in [6, 6.07) is 17.8. The maximum absolute atomic E-state index is 12.6. The molecule has 1 unspecified atom stereocenters. The van der Waals surface area contributed by atoms with Crippen LogP contribution in [-0.4, -0.2) is 45.3 Å². The number of hydrogen-bond donors (Lipinski definition) is 3. The van der Waals surface area contributed by atoms with Gasteiger partial charge in [0.15, 0.2) is 0 Å². The summed E-state index contributed by atoms with van der Waals surface area (Å²) in [7, 11) is 0. The molecule has 2 aromatic carbocycles. The SMILES string of the molecule is CC(C(=O)O)C1CCN(c2ccc(NC(=O)c3nnc(Nc4ccc(Oc5ccc(Cl)cc5)cc4)o3)cn2)CC1. The molecule has 4 aromatic rings. The molecule has 40 heavy (non-hydrogen) atoms. The minimum Gasteiger partial charge on any atom is -0.481 e. The largest absolute Gasteiger partial charge is 0.481 e. The summed E-state index contributed by atoms with van der Waals surface area (Å²) in [5, 5.41) is 23.2. The van der Waals surface area contributed by atoms with Gasteiger partial charge < -0.3 is 29.8 Å². The highest BCUT2D eigenvalue weighted by atomic mass is 35.5. The number of anilines is 4. The first-order valence-electron chi connectivity index (χ1n) is 12.7. The van der Waals surface area contributed by atoms with Crippen LogP contribution in [0.15, 0.2) is 71.3 Å². The number of carbonyl (C=O) groups excluding carboxylic acids is 1. The van der Waals surface area contributed by atoms with Crippen LogP contribution in [0.25, 0.3) is 0 Å². The van der Waals surface area contributed by atoms with Gasteiger partial charge in [-0.15, -0.1) is 5.10 Å². The van der Waals surface area contributed by atoms with Crippen LogP contribution in [0.3, 0.4) is 0 Å². The zero-order valence-electron chi connectivity index (χ0n) is 21.6. The van der Waals surface area contributed by atoms with Gasteiger partial charge >= 0.3 is 23.8 Å². The van der Waals surface area contributed by atoms with Crippen molar-refractivity contribution in [2.75, 3.05) is 28.6 Å². The molecule has 3 heterocycles. The average Bonchev–Trinajstić information content (AvgIpc) is 3.44. The molecular weight excluding hydrogens is 536 g/mol. The molecule has 2 aromatic heterocycles. The van der Waals surface area contributed by atoms with E-state index in [1.54, 1.807) is 67.7 Å². The van der Waals surface area contributed by atoms with E-state index in [9.17, 15) is 14.7 Å². The number of benzene rings is 2. The number of pyridine rings is 1. The lowest BCUT2D eigenvalue weighted by Crippen LogP contribution is -2.37. The number of rotatable bonds is 9. The van der Waals surface area contributed by atoms with Gasteiger partial charge in [0.25, 0.3) is 0 Å². The molecule has 0 bridgehead atoms. The molecule has 1 amide bonds. The minimum atomic E-state index is -0.754. The maximum atomic E-state index is 12.6. The highest BCUT2D eigenvalue weighted by Crippen LogP contribution is 2.28. The third-order valence-electron chi connectivity index (χ3n) is 6.74. The van der Waals surface area contributed by atoms with E-state index in [0.29, 0.717) is 27.9 Å². The fourth-order valence-electron chi connectivity index (χ4n) is 4.40. The highest BCUT2D eigenvalue weighted by molar-refractivity contribution is 6.30. The maximum Gasteiger partial charge on any atom is 0.320 e. The molecule has 1 fully saturated rings. The van der Waals surface area contributed by atoms with Crippen molar-refractivity contribution >= 4 is 46.7 Å². The Labute approximate surface area is 235 Å². The lowest BCUT2D eigenvalue weighted by Gasteiger charge is -2.34. The third kappa shape index (κ3) is 6.67. The predicted octanol–water partition coefficient (Wildman–Crippen LogP) is 5.84. The number of amides is 1. The fourth-order valence-corrected chi connectivity index (χ4v) is 4.52. The number of aliphatic carboxylic acids is 1. The second-order valence-electron chi connectivity index (χ2n) is 9.43. The van der Waals surface area contributed by atoms with Gasteiger partial charge in [0.2, 0.25) is 0 Å². The van der Waals surface area contributed by atoms with Gasteiger partial charge in [-0.2, -0.15) is 0 Å². The van der Waals surface area contributed by atoms with Crippen LogP contribution in [0.1, 0.15) is 30.5 Å². The van der Waals surface area contributed by atoms with Crippen molar-refractivity contribution in [3.63, 3.8) is 0 Å². The second kappa shape index (κ2) is 12.0. The molecular formula is C28H27ClN6O5. The van der Waals surface area contributed by atoms with Crippen molar-refractivity contribution in [2.24, 2.45) is 11.8 Å². The Bertz CT molecular complexity index is 1450. The van der Waals surface area contributed by atoms with E-state index in [2.05, 4.69) is 30.7 Å². The molecule has 11 nitrogen and oxygen atoms in total. The standard InChI is InChI=1S/C28H27ClN6O5/c1-17(27(37)38)18-12-14-35(15-13-18)24-11-6-21(16-30-24)31-25(36)26-33-34-28(40-26)32-20-4-9-23(10-5-20)39-22-7-2-19(29)3-8-22/h2-11,16-18H,12-15H2,1H3,(H,31,36)(H,32,34)(H,37,38). The minimum absolute atomic E-state index is 0.0608. The van der Waals surface area contributed by atoms with Gasteiger partial charge in [-0.25, -0.2) is 4.98 Å². The number of ether oxygens (including phenoxy) is 1. The van der Waals surface area contributed by atoms with E-state index in [-0.39, 0.29) is 23.7 Å². The number of carbonyl (C=O) groups is 2. The van der Waals surface area contributed by atoms with Gasteiger partial charge in [0.1, 0.15) is 17.3 Å². The summed E-state index contributed by atoms with van der Waals surface area (Å²) in [4.78, 5) is 30.4. The van der Waals surface area contributed by atoms with Crippen molar-refractivity contribution in [1.29, 1.82) is 0 Å². The number of halogens is 1. The molecule has 0 spiro atoms. The summed E-state index contributed by atoms with van der Waals surface area (Å²) >= 11 is 5.90. The summed E-state index contributed by atoms with van der Waals surface area (Å²) in [6.07, 6.45) is 3.15. The molecule has 12 heteroatoms. The number of nitrogens with zero attached hydrogens (tertiary/aromatic N) is 4. The number of hydrogen-bond acceptors (Lipinski definition) is 9. The number of piperidine rings is 1. The lowest BCUT2D eigenvalue weighted by atomic mass is 9.85. The first-order valence-corrected chi connectivity index (χ1v) is 13.1. The van der Waals surface area contributed by atoms with Crippen molar-refractivity contribution < 1.29 is 23.8 Å². The molecule has 0 saturated carbocycles. The molecule has 0 aliphatic carbocycles. The Morgan fingerprint density at radius 2 is 1.65 bits per heavy atom. The van der Waals surface area contributed by atoms with Crippen molar-refractivity contribution in [3.8, 4) is 11.5 Å². The normalized spacial score (nSPS) is 14.4. The van der Waals surface area contributed by atoms with Gasteiger partial charge in [-0.3, -0.25) is 9.59 Å². The Hall–Kier alpha value is -4.64. The van der Waals surface area contributed by atoms with Crippen LogP contribution in [0, 0.1) is 11.8 Å². The van der Waals surface area contributed by atoms with Crippen LogP contribution in [-0.2, 0) is 4.79 Å². The van der Waals surface area contributed by atoms with E-state index in [1.807, 2.05) is 6.07 Å². The van der Waals surface area contributed by atoms with Crippen molar-refractivity contribution in [2.45, 2.75) is 19.8 Å². The zero-order valence-corrected chi connectivity index (χ0v) is 22.3. The van der Waals surface area contributed by atoms with Crippen LogP contribution in [0.4, 0.5) is 23.2 Å². The predicted molar refractivity (Wildman–Crippen MR) is 149 cm³/mol. The topological polar surface area (TPSA) is 143 Å². The Morgan fingerprint density at radius 3 is 2.27 bits per heavy atom. The summed E-state index contributed by atoms with van der Waals surface area (Å²) in [6.45, 7) is 3.23. The number of nitrogens with one attached hydrogen (secondary N) is 2. The Balaban J connectivity index is 1.12. The number of carboxylic acid groups (broad SMARTS) is 1. The highest BCUT2D eigenvalue weighted by Gasteiger charge is 2.28. The van der Waals surface area contributed by atoms with Crippen molar-refractivity contribution in [3.05, 3.63) is 77.8 Å². The quantitative estimate of drug-likeness (QED) is 0.227. The Kier molecular flexibility index (Phi) is 8.11. The number of aromatic nitrogens is 3. The molecule has 1 atom stereocenters. The average molecular weight is 563 g/mol. The molecule has 1 aliphatic heterocycles. The molecule has 1 saturated heterocycles. The number of carboxylic acids is 1. The first-order chi connectivity index (χ1) is 19.3. The van der Waals surface area contributed by atoms with E-state index in [1.165, 1.54) is 0 Å². The molecule has 5 rings (SSSR count). The third-order valence-corrected chi connectivity index (χ3v) is 6.99. The van der Waals surface area contributed by atoms with E-state index < -0.39 is 11.9 Å². The smallest absolute Gasteiger partial charge is 0.320 e. The molecule has 1 aliphatic rings. The molecule has 0 radical (unpaired) electrons.